The topological polar surface area (TPSA) is 96.8 Å². The summed E-state index contributed by atoms with van der Waals surface area (Å²) in [5.74, 6) is 0.0593. The minimum absolute atomic E-state index is 0.212. The maximum atomic E-state index is 12.3. The van der Waals surface area contributed by atoms with E-state index in [4.69, 9.17) is 9.72 Å². The van der Waals surface area contributed by atoms with E-state index in [2.05, 4.69) is 10.2 Å². The zero-order valence-corrected chi connectivity index (χ0v) is 18.5. The maximum Gasteiger partial charge on any atom is 0.410 e. The highest BCUT2D eigenvalue weighted by Gasteiger charge is 2.30. The van der Waals surface area contributed by atoms with Gasteiger partial charge in [-0.05, 0) is 44.9 Å². The molecule has 0 saturated carbocycles. The fourth-order valence-corrected chi connectivity index (χ4v) is 4.12. The molecule has 2 fully saturated rings. The summed E-state index contributed by atoms with van der Waals surface area (Å²) in [7, 11) is 1.96. The van der Waals surface area contributed by atoms with Gasteiger partial charge in [-0.2, -0.15) is 0 Å². The van der Waals surface area contributed by atoms with Gasteiger partial charge in [-0.25, -0.2) is 9.78 Å². The van der Waals surface area contributed by atoms with Gasteiger partial charge in [-0.3, -0.25) is 14.9 Å². The molecule has 2 aliphatic heterocycles. The first-order valence-electron chi connectivity index (χ1n) is 10.7. The average Bonchev–Trinajstić information content (AvgIpc) is 3.03. The van der Waals surface area contributed by atoms with Crippen molar-refractivity contribution >= 4 is 34.9 Å². The first kappa shape index (κ1) is 21.1. The average molecular weight is 428 g/mol. The van der Waals surface area contributed by atoms with Gasteiger partial charge in [-0.15, -0.1) is 0 Å². The number of hydrogen-bond donors (Lipinski definition) is 1. The first-order chi connectivity index (χ1) is 14.6. The fourth-order valence-electron chi connectivity index (χ4n) is 4.12. The maximum absolute atomic E-state index is 12.3. The zero-order chi connectivity index (χ0) is 22.3. The summed E-state index contributed by atoms with van der Waals surface area (Å²) in [6, 6.07) is 5.83. The minimum atomic E-state index is -0.508. The van der Waals surface area contributed by atoms with Crippen molar-refractivity contribution in [2.24, 2.45) is 7.05 Å². The molecule has 4 rings (SSSR count). The lowest BCUT2D eigenvalue weighted by atomic mass is 9.90. The van der Waals surface area contributed by atoms with Gasteiger partial charge in [-0.1, -0.05) is 6.07 Å². The number of piperidine rings is 1. The molecule has 0 radical (unpaired) electrons. The molecule has 1 atom stereocenters. The van der Waals surface area contributed by atoms with Crippen LogP contribution in [-0.4, -0.2) is 64.1 Å². The van der Waals surface area contributed by atoms with Crippen LogP contribution < -0.4 is 10.2 Å². The molecule has 2 aliphatic rings. The van der Waals surface area contributed by atoms with Crippen LogP contribution in [0.1, 0.15) is 45.1 Å². The summed E-state index contributed by atoms with van der Waals surface area (Å²) in [6.45, 7) is 8.06. The van der Waals surface area contributed by atoms with Gasteiger partial charge < -0.3 is 19.1 Å². The van der Waals surface area contributed by atoms with Crippen LogP contribution in [0, 0.1) is 0 Å². The monoisotopic (exact) mass is 427 g/mol. The van der Waals surface area contributed by atoms with Gasteiger partial charge in [0.2, 0.25) is 17.8 Å². The molecule has 9 heteroatoms. The molecule has 166 valence electrons. The molecule has 2 aromatic rings. The van der Waals surface area contributed by atoms with Crippen molar-refractivity contribution in [3.05, 3.63) is 23.8 Å². The van der Waals surface area contributed by atoms with Gasteiger partial charge in [0.05, 0.1) is 17.0 Å². The van der Waals surface area contributed by atoms with Crippen molar-refractivity contribution in [2.75, 3.05) is 31.1 Å². The van der Waals surface area contributed by atoms with E-state index < -0.39 is 5.60 Å². The summed E-state index contributed by atoms with van der Waals surface area (Å²) in [4.78, 5) is 44.7. The third-order valence-electron chi connectivity index (χ3n) is 5.74. The van der Waals surface area contributed by atoms with E-state index in [9.17, 15) is 14.4 Å². The number of carbonyl (C=O) groups excluding carboxylic acids is 3. The summed E-state index contributed by atoms with van der Waals surface area (Å²) < 4.78 is 7.49. The number of aryl methyl sites for hydroxylation is 1. The fraction of sp³-hybridized carbons (Fsp3) is 0.545. The molecule has 0 aliphatic carbocycles. The molecule has 2 saturated heterocycles. The third-order valence-corrected chi connectivity index (χ3v) is 5.74. The number of imidazole rings is 1. The van der Waals surface area contributed by atoms with E-state index in [1.54, 1.807) is 4.90 Å². The van der Waals surface area contributed by atoms with E-state index in [-0.39, 0.29) is 23.8 Å². The van der Waals surface area contributed by atoms with E-state index in [0.29, 0.717) is 39.0 Å². The van der Waals surface area contributed by atoms with Crippen LogP contribution >= 0.6 is 0 Å². The van der Waals surface area contributed by atoms with Crippen molar-refractivity contribution in [3.63, 3.8) is 0 Å². The van der Waals surface area contributed by atoms with Crippen LogP contribution in [-0.2, 0) is 21.4 Å². The molecule has 1 N–H and O–H groups in total. The van der Waals surface area contributed by atoms with Crippen molar-refractivity contribution in [2.45, 2.75) is 45.1 Å². The van der Waals surface area contributed by atoms with Crippen molar-refractivity contribution in [1.29, 1.82) is 0 Å². The number of carbonyl (C=O) groups is 3. The number of nitrogens with one attached hydrogen (secondary N) is 1. The number of aromatic nitrogens is 2. The molecular formula is C22H29N5O4. The number of fused-ring (bicyclic) bond motifs is 1. The molecule has 1 unspecified atom stereocenters. The van der Waals surface area contributed by atoms with Crippen LogP contribution in [0.4, 0.5) is 10.7 Å². The van der Waals surface area contributed by atoms with Crippen LogP contribution in [0.3, 0.4) is 0 Å². The van der Waals surface area contributed by atoms with Crippen molar-refractivity contribution in [3.8, 4) is 0 Å². The normalized spacial score (nSPS) is 20.2. The van der Waals surface area contributed by atoms with Crippen molar-refractivity contribution < 1.29 is 19.1 Å². The Morgan fingerprint density at radius 1 is 1.16 bits per heavy atom. The molecule has 3 heterocycles. The zero-order valence-electron chi connectivity index (χ0n) is 18.5. The standard InChI is InChI=1S/C22H29N5O4/c1-22(2,3)31-21(30)27-11-9-26(10-12-27)20-23-16-7-5-14(13-17(16)25(20)4)15-6-8-18(28)24-19(15)29/h5,7,13,15H,6,8-12H2,1-4H3,(H,24,28,29). The van der Waals surface area contributed by atoms with Gasteiger partial charge in [0.25, 0.3) is 0 Å². The lowest BCUT2D eigenvalue weighted by molar-refractivity contribution is -0.134. The Morgan fingerprint density at radius 3 is 2.52 bits per heavy atom. The van der Waals surface area contributed by atoms with Gasteiger partial charge in [0.1, 0.15) is 5.60 Å². The highest BCUT2D eigenvalue weighted by molar-refractivity contribution is 6.01. The number of rotatable bonds is 2. The van der Waals surface area contributed by atoms with E-state index in [1.807, 2.05) is 50.6 Å². The predicted molar refractivity (Wildman–Crippen MR) is 116 cm³/mol. The molecule has 9 nitrogen and oxygen atoms in total. The Morgan fingerprint density at radius 2 is 1.87 bits per heavy atom. The van der Waals surface area contributed by atoms with Crippen molar-refractivity contribution in [1.82, 2.24) is 19.8 Å². The van der Waals surface area contributed by atoms with E-state index in [1.165, 1.54) is 0 Å². The number of piperazine rings is 1. The smallest absolute Gasteiger partial charge is 0.410 e. The molecular weight excluding hydrogens is 398 g/mol. The van der Waals surface area contributed by atoms with Crippen LogP contribution in [0.5, 0.6) is 0 Å². The lowest BCUT2D eigenvalue weighted by Crippen LogP contribution is -2.50. The second-order valence-corrected chi connectivity index (χ2v) is 9.18. The summed E-state index contributed by atoms with van der Waals surface area (Å²) in [5.41, 5.74) is 2.17. The second-order valence-electron chi connectivity index (χ2n) is 9.18. The number of amides is 3. The number of anilines is 1. The Bertz CT molecular complexity index is 1030. The lowest BCUT2D eigenvalue weighted by Gasteiger charge is -2.36. The number of hydrogen-bond acceptors (Lipinski definition) is 6. The molecule has 1 aromatic heterocycles. The molecule has 3 amide bonds. The largest absolute Gasteiger partial charge is 0.444 e. The number of benzene rings is 1. The first-order valence-corrected chi connectivity index (χ1v) is 10.7. The summed E-state index contributed by atoms with van der Waals surface area (Å²) in [6.07, 6.45) is 0.589. The van der Waals surface area contributed by atoms with Crippen LogP contribution in [0.15, 0.2) is 18.2 Å². The Balaban J connectivity index is 1.49. The highest BCUT2D eigenvalue weighted by atomic mass is 16.6. The second kappa shape index (κ2) is 7.86. The third kappa shape index (κ3) is 4.35. The van der Waals surface area contributed by atoms with Crippen LogP contribution in [0.25, 0.3) is 11.0 Å². The molecule has 0 bridgehead atoms. The van der Waals surface area contributed by atoms with Gasteiger partial charge in [0.15, 0.2) is 0 Å². The molecule has 31 heavy (non-hydrogen) atoms. The van der Waals surface area contributed by atoms with Crippen LogP contribution in [0.2, 0.25) is 0 Å². The predicted octanol–water partition coefficient (Wildman–Crippen LogP) is 2.15. The number of ether oxygens (including phenoxy) is 1. The van der Waals surface area contributed by atoms with E-state index in [0.717, 1.165) is 22.5 Å². The molecule has 1 aromatic carbocycles. The Labute approximate surface area is 181 Å². The Hall–Kier alpha value is -3.10. The Kier molecular flexibility index (Phi) is 5.36. The molecule has 0 spiro atoms. The minimum Gasteiger partial charge on any atom is -0.444 e. The van der Waals surface area contributed by atoms with E-state index >= 15 is 0 Å². The number of imide groups is 1. The summed E-state index contributed by atoms with van der Waals surface area (Å²) >= 11 is 0. The highest BCUT2D eigenvalue weighted by Crippen LogP contribution is 2.29. The SMILES string of the molecule is Cn1c(N2CCN(C(=O)OC(C)(C)C)CC2)nc2ccc(C3CCC(=O)NC3=O)cc21. The summed E-state index contributed by atoms with van der Waals surface area (Å²) in [5, 5.41) is 2.42. The van der Waals surface area contributed by atoms with Gasteiger partial charge in [0, 0.05) is 39.6 Å². The quantitative estimate of drug-likeness (QED) is 0.738. The number of nitrogens with zero attached hydrogens (tertiary/aromatic N) is 4. The van der Waals surface area contributed by atoms with Gasteiger partial charge >= 0.3 is 6.09 Å².